The van der Waals surface area contributed by atoms with Crippen LogP contribution in [0.25, 0.3) is 0 Å². The van der Waals surface area contributed by atoms with Crippen molar-refractivity contribution in [2.45, 2.75) is 20.3 Å². The fourth-order valence-corrected chi connectivity index (χ4v) is 0.810. The fraction of sp³-hybridized carbons (Fsp3) is 0.714. The summed E-state index contributed by atoms with van der Waals surface area (Å²) in [6.07, 6.45) is 2.96. The molecule has 0 amide bonds. The van der Waals surface area contributed by atoms with Crippen LogP contribution in [0.4, 0.5) is 0 Å². The van der Waals surface area contributed by atoms with Crippen LogP contribution in [0.5, 0.6) is 0 Å². The summed E-state index contributed by atoms with van der Waals surface area (Å²) in [6, 6.07) is 0. The first kappa shape index (κ1) is 30.8. The van der Waals surface area contributed by atoms with Crippen molar-refractivity contribution in [1.82, 2.24) is 4.90 Å². The number of rotatable bonds is 3. The number of allylic oxidation sites excluding steroid dienone is 1. The second-order valence-electron chi connectivity index (χ2n) is 5.44. The maximum absolute atomic E-state index is 3.82. The van der Waals surface area contributed by atoms with E-state index in [4.69, 9.17) is 0 Å². The predicted octanol–water partition coefficient (Wildman–Crippen LogP) is 0.455. The lowest BCUT2D eigenvalue weighted by Crippen LogP contribution is -3.00. The summed E-state index contributed by atoms with van der Waals surface area (Å²) >= 11 is 0. The molecule has 0 fully saturated rings. The fourth-order valence-electron chi connectivity index (χ4n) is 0.810. The Morgan fingerprint density at radius 2 is 1.39 bits per heavy atom. The standard InChI is InChI=1S/C7H16N.C4H8.C3H9N.2ClH/c1-7(2)6-8(3,4)5;1-3-4-2;1-4(2)3;;/h1,6H2,2-5H3;3H,1,4H2,2H3;1-3H3;2*1H/q+1;;;;/p-1. The highest BCUT2D eigenvalue weighted by Gasteiger charge is 2.04. The first-order valence-corrected chi connectivity index (χ1v) is 5.73. The van der Waals surface area contributed by atoms with Crippen LogP contribution >= 0.6 is 12.4 Å². The van der Waals surface area contributed by atoms with Crippen LogP contribution in [-0.2, 0) is 0 Å². The monoisotopic (exact) mass is 300 g/mol. The molecule has 0 saturated heterocycles. The van der Waals surface area contributed by atoms with Gasteiger partial charge in [-0.25, -0.2) is 0 Å². The molecule has 0 aliphatic carbocycles. The van der Waals surface area contributed by atoms with Gasteiger partial charge in [-0.15, -0.1) is 19.0 Å². The van der Waals surface area contributed by atoms with Crippen LogP contribution < -0.4 is 12.4 Å². The third kappa shape index (κ3) is 100. The first-order chi connectivity index (χ1) is 7.06. The van der Waals surface area contributed by atoms with Crippen LogP contribution in [0.1, 0.15) is 20.3 Å². The molecule has 0 bridgehead atoms. The topological polar surface area (TPSA) is 3.24 Å². The van der Waals surface area contributed by atoms with Crippen molar-refractivity contribution in [3.63, 3.8) is 0 Å². The van der Waals surface area contributed by atoms with E-state index < -0.39 is 0 Å². The number of likely N-dealkylation sites (N-methyl/N-ethyl adjacent to an activating group) is 1. The molecule has 4 heteroatoms. The Morgan fingerprint density at radius 1 is 1.17 bits per heavy atom. The largest absolute Gasteiger partial charge is 1.00 e. The zero-order chi connectivity index (χ0) is 13.8. The van der Waals surface area contributed by atoms with E-state index in [0.29, 0.717) is 0 Å². The lowest BCUT2D eigenvalue weighted by Gasteiger charge is -2.23. The number of halogens is 2. The number of hydrogen-bond acceptors (Lipinski definition) is 1. The van der Waals surface area contributed by atoms with Crippen molar-refractivity contribution in [2.75, 3.05) is 48.8 Å². The number of hydrogen-bond donors (Lipinski definition) is 0. The quantitative estimate of drug-likeness (QED) is 0.541. The molecule has 0 spiro atoms. The van der Waals surface area contributed by atoms with Crippen LogP contribution in [0, 0.1) is 0 Å². The van der Waals surface area contributed by atoms with Crippen molar-refractivity contribution < 1.29 is 16.9 Å². The molecule has 0 radical (unpaired) electrons. The van der Waals surface area contributed by atoms with Crippen molar-refractivity contribution in [3.8, 4) is 0 Å². The summed E-state index contributed by atoms with van der Waals surface area (Å²) in [4.78, 5) is 2.00. The molecule has 0 heterocycles. The highest BCUT2D eigenvalue weighted by Crippen LogP contribution is 1.95. The van der Waals surface area contributed by atoms with Gasteiger partial charge in [-0.05, 0) is 40.1 Å². The SMILES string of the molecule is C=C(C)C[N+](C)(C)C.C=CCC.CN(C)C.Cl.[Cl-]. The van der Waals surface area contributed by atoms with Crippen LogP contribution in [0.3, 0.4) is 0 Å². The molecular weight excluding hydrogens is 267 g/mol. The minimum absolute atomic E-state index is 0. The first-order valence-electron chi connectivity index (χ1n) is 5.73. The minimum atomic E-state index is 0. The molecule has 0 rings (SSSR count). The molecule has 0 N–H and O–H groups in total. The molecule has 0 aromatic rings. The lowest BCUT2D eigenvalue weighted by atomic mass is 10.3. The molecule has 0 unspecified atom stereocenters. The normalized spacial score (nSPS) is 8.50. The summed E-state index contributed by atoms with van der Waals surface area (Å²) in [5, 5.41) is 0. The smallest absolute Gasteiger partial charge is 0.0991 e. The molecule has 0 aromatic heterocycles. The van der Waals surface area contributed by atoms with E-state index >= 15 is 0 Å². The van der Waals surface area contributed by atoms with E-state index in [1.165, 1.54) is 5.57 Å². The summed E-state index contributed by atoms with van der Waals surface area (Å²) in [7, 11) is 12.5. The Balaban J connectivity index is -0.0000000489. The van der Waals surface area contributed by atoms with Gasteiger partial charge in [-0.1, -0.05) is 19.6 Å². The minimum Gasteiger partial charge on any atom is -1.00 e. The molecule has 114 valence electrons. The zero-order valence-corrected chi connectivity index (χ0v) is 15.2. The van der Waals surface area contributed by atoms with Gasteiger partial charge < -0.3 is 21.8 Å². The Morgan fingerprint density at radius 3 is 1.39 bits per heavy atom. The highest BCUT2D eigenvalue weighted by molar-refractivity contribution is 5.85. The maximum Gasteiger partial charge on any atom is 0.0991 e. The van der Waals surface area contributed by atoms with Crippen LogP contribution in [-0.4, -0.2) is 58.2 Å². The van der Waals surface area contributed by atoms with Crippen LogP contribution in [0.2, 0.25) is 0 Å². The molecular formula is C14H34Cl2N2. The summed E-state index contributed by atoms with van der Waals surface area (Å²) in [6.45, 7) is 12.5. The number of nitrogens with zero attached hydrogens (tertiary/aromatic N) is 2. The van der Waals surface area contributed by atoms with Gasteiger partial charge in [0, 0.05) is 0 Å². The van der Waals surface area contributed by atoms with Crippen molar-refractivity contribution in [2.24, 2.45) is 0 Å². The van der Waals surface area contributed by atoms with Gasteiger partial charge in [0.25, 0.3) is 0 Å². The molecule has 0 aliphatic heterocycles. The van der Waals surface area contributed by atoms with Gasteiger partial charge in [-0.3, -0.25) is 0 Å². The molecule has 18 heavy (non-hydrogen) atoms. The van der Waals surface area contributed by atoms with Crippen molar-refractivity contribution in [3.05, 3.63) is 24.8 Å². The summed E-state index contributed by atoms with van der Waals surface area (Å²) in [5.41, 5.74) is 1.25. The average Bonchev–Trinajstić information content (AvgIpc) is 1.99. The Hall–Kier alpha value is -0.0200. The second-order valence-corrected chi connectivity index (χ2v) is 5.44. The van der Waals surface area contributed by atoms with E-state index in [1.54, 1.807) is 0 Å². The second kappa shape index (κ2) is 19.3. The molecule has 0 aliphatic rings. The van der Waals surface area contributed by atoms with Crippen molar-refractivity contribution in [1.29, 1.82) is 0 Å². The van der Waals surface area contributed by atoms with Crippen LogP contribution in [0.15, 0.2) is 24.8 Å². The van der Waals surface area contributed by atoms with Gasteiger partial charge in [0.1, 0.15) is 0 Å². The zero-order valence-electron chi connectivity index (χ0n) is 13.6. The van der Waals surface area contributed by atoms with E-state index in [1.807, 2.05) is 32.1 Å². The number of quaternary nitrogens is 1. The Labute approximate surface area is 128 Å². The van der Waals surface area contributed by atoms with Crippen molar-refractivity contribution >= 4 is 12.4 Å². The Kier molecular flexibility index (Phi) is 33.0. The van der Waals surface area contributed by atoms with Gasteiger partial charge in [0.15, 0.2) is 0 Å². The van der Waals surface area contributed by atoms with E-state index in [-0.39, 0.29) is 24.8 Å². The van der Waals surface area contributed by atoms with E-state index in [2.05, 4.69) is 48.1 Å². The molecule has 0 atom stereocenters. The van der Waals surface area contributed by atoms with Gasteiger partial charge in [0.2, 0.25) is 0 Å². The van der Waals surface area contributed by atoms with E-state index in [9.17, 15) is 0 Å². The third-order valence-electron chi connectivity index (χ3n) is 1.03. The van der Waals surface area contributed by atoms with Gasteiger partial charge >= 0.3 is 0 Å². The third-order valence-corrected chi connectivity index (χ3v) is 1.03. The van der Waals surface area contributed by atoms with Gasteiger partial charge in [-0.2, -0.15) is 0 Å². The molecule has 0 aromatic carbocycles. The summed E-state index contributed by atoms with van der Waals surface area (Å²) < 4.78 is 0.981. The molecule has 0 saturated carbocycles. The predicted molar refractivity (Wildman–Crippen MR) is 85.1 cm³/mol. The van der Waals surface area contributed by atoms with E-state index in [0.717, 1.165) is 17.4 Å². The summed E-state index contributed by atoms with van der Waals surface area (Å²) in [5.74, 6) is 0. The Bertz CT molecular complexity index is 170. The average molecular weight is 301 g/mol. The van der Waals surface area contributed by atoms with Gasteiger partial charge in [0.05, 0.1) is 27.7 Å². The highest BCUT2D eigenvalue weighted by atomic mass is 35.5. The maximum atomic E-state index is 3.82. The molecule has 2 nitrogen and oxygen atoms in total. The lowest BCUT2D eigenvalue weighted by molar-refractivity contribution is -0.865.